The van der Waals surface area contributed by atoms with Gasteiger partial charge in [0.1, 0.15) is 11.9 Å². The highest BCUT2D eigenvalue weighted by Gasteiger charge is 2.33. The number of amides is 1. The summed E-state index contributed by atoms with van der Waals surface area (Å²) in [5.74, 6) is 1.47. The number of H-pyrrole nitrogens is 1. The molecule has 0 spiro atoms. The second kappa shape index (κ2) is 8.51. The van der Waals surface area contributed by atoms with Crippen LogP contribution < -0.4 is 10.6 Å². The minimum Gasteiger partial charge on any atom is -0.340 e. The Morgan fingerprint density at radius 1 is 1.09 bits per heavy atom. The Morgan fingerprint density at radius 2 is 1.97 bits per heavy atom. The molecule has 2 aromatic carbocycles. The van der Waals surface area contributed by atoms with E-state index >= 15 is 0 Å². The van der Waals surface area contributed by atoms with Gasteiger partial charge in [0.2, 0.25) is 5.91 Å². The summed E-state index contributed by atoms with van der Waals surface area (Å²) >= 11 is 0. The summed E-state index contributed by atoms with van der Waals surface area (Å²) in [6.45, 7) is 4.05. The molecule has 2 aromatic heterocycles. The average molecular weight is 455 g/mol. The first-order valence-corrected chi connectivity index (χ1v) is 11.5. The van der Waals surface area contributed by atoms with Crippen LogP contribution in [0.1, 0.15) is 17.2 Å². The first-order valence-electron chi connectivity index (χ1n) is 11.5. The topological polar surface area (TPSA) is 102 Å². The van der Waals surface area contributed by atoms with Crippen LogP contribution in [0.2, 0.25) is 0 Å². The molecular weight excluding hydrogens is 428 g/mol. The molecule has 1 unspecified atom stereocenters. The highest BCUT2D eigenvalue weighted by Crippen LogP contribution is 2.31. The molecule has 172 valence electrons. The van der Waals surface area contributed by atoms with Gasteiger partial charge in [0.25, 0.3) is 0 Å². The lowest BCUT2D eigenvalue weighted by Gasteiger charge is -2.34. The summed E-state index contributed by atoms with van der Waals surface area (Å²) < 4.78 is 0. The molecule has 0 bridgehead atoms. The van der Waals surface area contributed by atoms with E-state index < -0.39 is 0 Å². The number of carbonyl (C=O) groups is 1. The molecule has 1 saturated heterocycles. The maximum Gasteiger partial charge on any atom is 0.244 e. The summed E-state index contributed by atoms with van der Waals surface area (Å²) in [6, 6.07) is 13.7. The zero-order valence-electron chi connectivity index (χ0n) is 19.0. The largest absolute Gasteiger partial charge is 0.340 e. The van der Waals surface area contributed by atoms with Gasteiger partial charge in [0.15, 0.2) is 5.82 Å². The van der Waals surface area contributed by atoms with E-state index in [2.05, 4.69) is 49.9 Å². The van der Waals surface area contributed by atoms with Crippen LogP contribution >= 0.6 is 0 Å². The Labute approximate surface area is 197 Å². The van der Waals surface area contributed by atoms with Crippen molar-refractivity contribution in [3.05, 3.63) is 66.0 Å². The van der Waals surface area contributed by atoms with E-state index in [1.54, 1.807) is 12.4 Å². The Morgan fingerprint density at radius 3 is 2.85 bits per heavy atom. The number of hydrogen-bond donors (Lipinski definition) is 3. The van der Waals surface area contributed by atoms with E-state index in [0.29, 0.717) is 18.2 Å². The number of rotatable bonds is 4. The van der Waals surface area contributed by atoms with Crippen molar-refractivity contribution in [1.29, 1.82) is 0 Å². The molecule has 3 N–H and O–H groups in total. The number of fused-ring (bicyclic) bond motifs is 2. The van der Waals surface area contributed by atoms with Gasteiger partial charge in [0, 0.05) is 55.6 Å². The molecule has 9 nitrogen and oxygen atoms in total. The quantitative estimate of drug-likeness (QED) is 0.436. The smallest absolute Gasteiger partial charge is 0.244 e. The first kappa shape index (κ1) is 20.8. The van der Waals surface area contributed by atoms with E-state index in [4.69, 9.17) is 4.98 Å². The van der Waals surface area contributed by atoms with Crippen LogP contribution in [-0.2, 0) is 11.3 Å². The SMILES string of the molecule is CN1CCN(C(=O)C2NCc3ccc(-c4nccc(Nc5ccc6[nH]ncc6c5)n4)cc32)CC1. The fraction of sp³-hybridized carbons (Fsp3) is 0.280. The van der Waals surface area contributed by atoms with Gasteiger partial charge in [-0.15, -0.1) is 0 Å². The predicted octanol–water partition coefficient (Wildman–Crippen LogP) is 2.68. The summed E-state index contributed by atoms with van der Waals surface area (Å²) in [4.78, 5) is 26.7. The average Bonchev–Trinajstić information content (AvgIpc) is 3.50. The third kappa shape index (κ3) is 3.89. The van der Waals surface area contributed by atoms with Crippen molar-refractivity contribution in [3.8, 4) is 11.4 Å². The maximum absolute atomic E-state index is 13.2. The van der Waals surface area contributed by atoms with E-state index in [-0.39, 0.29) is 11.9 Å². The molecule has 4 heterocycles. The van der Waals surface area contributed by atoms with Crippen LogP contribution in [-0.4, -0.2) is 69.1 Å². The second-order valence-corrected chi connectivity index (χ2v) is 8.92. The fourth-order valence-corrected chi connectivity index (χ4v) is 4.65. The van der Waals surface area contributed by atoms with Crippen LogP contribution in [0.25, 0.3) is 22.3 Å². The van der Waals surface area contributed by atoms with Gasteiger partial charge < -0.3 is 15.1 Å². The molecule has 1 atom stereocenters. The van der Waals surface area contributed by atoms with Crippen molar-refractivity contribution in [2.45, 2.75) is 12.6 Å². The molecule has 0 radical (unpaired) electrons. The third-order valence-corrected chi connectivity index (χ3v) is 6.64. The Balaban J connectivity index is 1.24. The van der Waals surface area contributed by atoms with Gasteiger partial charge in [-0.3, -0.25) is 15.2 Å². The Kier molecular flexibility index (Phi) is 5.20. The third-order valence-electron chi connectivity index (χ3n) is 6.64. The van der Waals surface area contributed by atoms with Crippen molar-refractivity contribution in [3.63, 3.8) is 0 Å². The molecule has 9 heteroatoms. The van der Waals surface area contributed by atoms with Crippen molar-refractivity contribution in [1.82, 2.24) is 35.3 Å². The van der Waals surface area contributed by atoms with Crippen molar-refractivity contribution in [2.75, 3.05) is 38.5 Å². The molecule has 2 aliphatic rings. The summed E-state index contributed by atoms with van der Waals surface area (Å²) in [5.41, 5.74) is 4.98. The number of aromatic nitrogens is 4. The van der Waals surface area contributed by atoms with Crippen LogP contribution in [0.15, 0.2) is 54.9 Å². The minimum absolute atomic E-state index is 0.148. The normalized spacial score (nSPS) is 18.3. The molecule has 6 rings (SSSR count). The van der Waals surface area contributed by atoms with Gasteiger partial charge in [0.05, 0.1) is 11.7 Å². The monoisotopic (exact) mass is 454 g/mol. The fourth-order valence-electron chi connectivity index (χ4n) is 4.65. The highest BCUT2D eigenvalue weighted by molar-refractivity contribution is 5.85. The Hall–Kier alpha value is -3.82. The maximum atomic E-state index is 13.2. The number of carbonyl (C=O) groups excluding carboxylic acids is 1. The minimum atomic E-state index is -0.318. The van der Waals surface area contributed by atoms with Crippen molar-refractivity contribution in [2.24, 2.45) is 0 Å². The van der Waals surface area contributed by atoms with E-state index in [9.17, 15) is 4.79 Å². The molecule has 34 heavy (non-hydrogen) atoms. The van der Waals surface area contributed by atoms with Gasteiger partial charge in [-0.25, -0.2) is 9.97 Å². The first-order chi connectivity index (χ1) is 16.6. The lowest BCUT2D eigenvalue weighted by atomic mass is 10.00. The lowest BCUT2D eigenvalue weighted by molar-refractivity contribution is -0.135. The molecular formula is C25H26N8O. The number of nitrogens with zero attached hydrogens (tertiary/aromatic N) is 5. The molecule has 1 amide bonds. The van der Waals surface area contributed by atoms with Crippen molar-refractivity contribution < 1.29 is 4.79 Å². The van der Waals surface area contributed by atoms with Crippen molar-refractivity contribution >= 4 is 28.3 Å². The molecule has 4 aromatic rings. The summed E-state index contributed by atoms with van der Waals surface area (Å²) in [5, 5.41) is 14.8. The molecule has 2 aliphatic heterocycles. The van der Waals surface area contributed by atoms with Crippen LogP contribution in [0, 0.1) is 0 Å². The molecule has 0 saturated carbocycles. The van der Waals surface area contributed by atoms with E-state index in [1.165, 1.54) is 0 Å². The molecule has 0 aliphatic carbocycles. The van der Waals surface area contributed by atoms with Gasteiger partial charge in [-0.1, -0.05) is 12.1 Å². The standard InChI is InChI=1S/C25H26N8O/c1-32-8-10-33(11-9-32)25(34)23-20-13-16(2-3-17(20)14-27-23)24-26-7-6-22(30-24)29-19-4-5-21-18(12-19)15-28-31-21/h2-7,12-13,15,23,27H,8-11,14H2,1H3,(H,28,31)(H,26,29,30). The number of hydrogen-bond acceptors (Lipinski definition) is 7. The number of benzene rings is 2. The lowest BCUT2D eigenvalue weighted by Crippen LogP contribution is -2.49. The zero-order chi connectivity index (χ0) is 23.1. The van der Waals surface area contributed by atoms with Crippen LogP contribution in [0.3, 0.4) is 0 Å². The summed E-state index contributed by atoms with van der Waals surface area (Å²) in [6.07, 6.45) is 3.55. The zero-order valence-corrected chi connectivity index (χ0v) is 19.0. The number of anilines is 2. The van der Waals surface area contributed by atoms with Gasteiger partial charge >= 0.3 is 0 Å². The van der Waals surface area contributed by atoms with E-state index in [1.807, 2.05) is 35.2 Å². The van der Waals surface area contributed by atoms with Crippen LogP contribution in [0.5, 0.6) is 0 Å². The number of nitrogens with one attached hydrogen (secondary N) is 3. The summed E-state index contributed by atoms with van der Waals surface area (Å²) in [7, 11) is 2.09. The highest BCUT2D eigenvalue weighted by atomic mass is 16.2. The number of likely N-dealkylation sites (N-methyl/N-ethyl adjacent to an activating group) is 1. The van der Waals surface area contributed by atoms with Crippen LogP contribution in [0.4, 0.5) is 11.5 Å². The number of piperazine rings is 1. The van der Waals surface area contributed by atoms with Gasteiger partial charge in [-0.2, -0.15) is 5.10 Å². The predicted molar refractivity (Wildman–Crippen MR) is 131 cm³/mol. The van der Waals surface area contributed by atoms with E-state index in [0.717, 1.165) is 59.5 Å². The number of aromatic amines is 1. The van der Waals surface area contributed by atoms with Gasteiger partial charge in [-0.05, 0) is 48.5 Å². The molecule has 1 fully saturated rings. The Bertz CT molecular complexity index is 1360. The second-order valence-electron chi connectivity index (χ2n) is 8.92.